The summed E-state index contributed by atoms with van der Waals surface area (Å²) in [4.78, 5) is 49.9. The third kappa shape index (κ3) is 24.9. The van der Waals surface area contributed by atoms with Gasteiger partial charge in [0, 0.05) is 108 Å². The average molecular weight is 1060 g/mol. The van der Waals surface area contributed by atoms with Crippen LogP contribution < -0.4 is 0 Å². The zero-order valence-corrected chi connectivity index (χ0v) is 52.3. The quantitative estimate of drug-likeness (QED) is 0.149. The van der Waals surface area contributed by atoms with Gasteiger partial charge in [-0.2, -0.15) is 0 Å². The minimum absolute atomic E-state index is 0.918. The van der Waals surface area contributed by atoms with Crippen molar-refractivity contribution in [1.29, 1.82) is 0 Å². The minimum Gasteiger partial charge on any atom is -0.264 e. The Hall–Kier alpha value is -7.08. The first kappa shape index (κ1) is 68.9. The summed E-state index contributed by atoms with van der Waals surface area (Å²) in [5.41, 5.74) is 25.8. The number of rotatable bonds is 7. The molecule has 8 rings (SSSR count). The van der Waals surface area contributed by atoms with E-state index in [1.165, 1.54) is 78.3 Å². The van der Waals surface area contributed by atoms with E-state index in [9.17, 15) is 0 Å². The van der Waals surface area contributed by atoms with Gasteiger partial charge in [-0.25, -0.2) is 39.9 Å². The predicted octanol–water partition coefficient (Wildman–Crippen LogP) is 15.1. The van der Waals surface area contributed by atoms with E-state index >= 15 is 0 Å². The van der Waals surface area contributed by atoms with Crippen molar-refractivity contribution in [2.75, 3.05) is 0 Å². The molecule has 0 bridgehead atoms. The summed E-state index contributed by atoms with van der Waals surface area (Å²) < 4.78 is 0. The van der Waals surface area contributed by atoms with E-state index in [1.807, 2.05) is 90.3 Å². The molecule has 8 aromatic heterocycles. The van der Waals surface area contributed by atoms with E-state index in [0.29, 0.717) is 0 Å². The van der Waals surface area contributed by atoms with Crippen molar-refractivity contribution in [3.8, 4) is 0 Å². The third-order valence-corrected chi connectivity index (χ3v) is 13.7. The highest BCUT2D eigenvalue weighted by Gasteiger charge is 2.05. The molecule has 0 amide bonds. The zero-order chi connectivity index (χ0) is 58.9. The standard InChI is InChI=1S/C10H16N2.3C9H13N.2C8H12N2.C7H9N.C6H8N2/c1-5-9-7(3)8(4)11-10(6-2)12-9;1-4-9-6-10-5-7(2)8(9)3;1-4-9-5-7(2)8(3)6-10-9;1-4-9-8(3)7(2)5-6-10-9;1-4-8-6(2)7(3)9-5-10-8;1-4-8-9-5-6(2)7(3)10-8;1-6-3-4-8-5-7(6)2;1-5-3-7-4-8-6(5)2/h5-6H2,1-4H3;3*5-6H,4H2,1-3H3;2*5H,4H2,1-3H3;3-5H,1-2H3;3-4H,1-2H3. The lowest BCUT2D eigenvalue weighted by Gasteiger charge is -2.06. The Balaban J connectivity index is 0.000000447. The van der Waals surface area contributed by atoms with Gasteiger partial charge >= 0.3 is 0 Å². The highest BCUT2D eigenvalue weighted by atomic mass is 14.9. The Morgan fingerprint density at radius 1 is 0.295 bits per heavy atom. The maximum Gasteiger partial charge on any atom is 0.128 e. The Morgan fingerprint density at radius 2 is 0.833 bits per heavy atom. The van der Waals surface area contributed by atoms with Crippen LogP contribution in [0.25, 0.3) is 0 Å². The highest BCUT2D eigenvalue weighted by molar-refractivity contribution is 5.30. The normalized spacial score (nSPS) is 9.83. The predicted molar refractivity (Wildman–Crippen MR) is 327 cm³/mol. The summed E-state index contributed by atoms with van der Waals surface area (Å²) in [6, 6.07) is 6.21. The van der Waals surface area contributed by atoms with Crippen LogP contribution in [0, 0.1) is 111 Å². The molecule has 0 atom stereocenters. The SMILES string of the molecule is CCc1cc(C)c(C)cn1.CCc1cncc(C)c1C.CCc1nc(C)c(C)c(CC)n1.CCc1ncc(C)c(C)n1.CCc1nccc(C)c1C.CCc1ncnc(C)c1C.Cc1ccncc1C.Cc1cncnc1C. The van der Waals surface area contributed by atoms with Gasteiger partial charge in [-0.15, -0.1) is 0 Å². The van der Waals surface area contributed by atoms with E-state index in [4.69, 9.17) is 0 Å². The van der Waals surface area contributed by atoms with Gasteiger partial charge in [0.15, 0.2) is 0 Å². The molecule has 0 aliphatic rings. The molecule has 12 nitrogen and oxygen atoms in total. The second-order valence-corrected chi connectivity index (χ2v) is 19.3. The second-order valence-electron chi connectivity index (χ2n) is 19.3. The molecule has 0 aromatic carbocycles. The molecule has 0 saturated heterocycles. The molecule has 0 fully saturated rings. The van der Waals surface area contributed by atoms with Crippen molar-refractivity contribution >= 4 is 0 Å². The summed E-state index contributed by atoms with van der Waals surface area (Å²) in [6.45, 7) is 47.8. The smallest absolute Gasteiger partial charge is 0.128 e. The lowest BCUT2D eigenvalue weighted by atomic mass is 10.1. The van der Waals surface area contributed by atoms with Crippen molar-refractivity contribution in [3.63, 3.8) is 0 Å². The number of hydrogen-bond donors (Lipinski definition) is 0. The Morgan fingerprint density at radius 3 is 1.31 bits per heavy atom. The summed E-state index contributed by atoms with van der Waals surface area (Å²) in [5.74, 6) is 1.90. The van der Waals surface area contributed by atoms with E-state index in [0.717, 1.165) is 96.2 Å². The van der Waals surface area contributed by atoms with Gasteiger partial charge in [-0.3, -0.25) is 19.9 Å². The zero-order valence-electron chi connectivity index (χ0n) is 52.3. The van der Waals surface area contributed by atoms with Crippen LogP contribution in [0.2, 0.25) is 0 Å². The van der Waals surface area contributed by atoms with Crippen LogP contribution >= 0.6 is 0 Å². The van der Waals surface area contributed by atoms with Gasteiger partial charge in [0.25, 0.3) is 0 Å². The van der Waals surface area contributed by atoms with Crippen LogP contribution in [0.1, 0.15) is 178 Å². The van der Waals surface area contributed by atoms with Gasteiger partial charge in [-0.1, -0.05) is 48.5 Å². The van der Waals surface area contributed by atoms with Crippen molar-refractivity contribution in [1.82, 2.24) is 59.8 Å². The molecule has 0 unspecified atom stereocenters. The van der Waals surface area contributed by atoms with Crippen LogP contribution in [0.4, 0.5) is 0 Å². The van der Waals surface area contributed by atoms with Crippen LogP contribution in [-0.4, -0.2) is 59.8 Å². The Kier molecular flexibility index (Phi) is 33.3. The molecule has 0 aliphatic heterocycles. The van der Waals surface area contributed by atoms with Crippen LogP contribution in [0.15, 0.2) is 80.4 Å². The molecule has 12 heteroatoms. The number of pyridine rings is 4. The molecule has 8 aromatic rings. The minimum atomic E-state index is 0.918. The van der Waals surface area contributed by atoms with Crippen LogP contribution in [0.3, 0.4) is 0 Å². The van der Waals surface area contributed by atoms with Crippen molar-refractivity contribution < 1.29 is 0 Å². The van der Waals surface area contributed by atoms with Gasteiger partial charge in [-0.05, 0) is 233 Å². The maximum absolute atomic E-state index is 4.46. The van der Waals surface area contributed by atoms with E-state index < -0.39 is 0 Å². The highest BCUT2D eigenvalue weighted by Crippen LogP contribution is 2.13. The second kappa shape index (κ2) is 37.7. The maximum atomic E-state index is 4.46. The first-order valence-electron chi connectivity index (χ1n) is 27.8. The van der Waals surface area contributed by atoms with Crippen molar-refractivity contribution in [2.45, 2.75) is 204 Å². The summed E-state index contributed by atoms with van der Waals surface area (Å²) in [5, 5.41) is 0. The number of aromatic nitrogens is 12. The lowest BCUT2D eigenvalue weighted by molar-refractivity contribution is 0.852. The van der Waals surface area contributed by atoms with Crippen molar-refractivity contribution in [3.05, 3.63) is 210 Å². The van der Waals surface area contributed by atoms with Gasteiger partial charge in [0.1, 0.15) is 24.3 Å². The summed E-state index contributed by atoms with van der Waals surface area (Å²) in [7, 11) is 0. The number of aryl methyl sites for hydroxylation is 19. The fourth-order valence-electron chi connectivity index (χ4n) is 6.91. The van der Waals surface area contributed by atoms with E-state index in [2.05, 4.69) is 197 Å². The number of hydrogen-bond acceptors (Lipinski definition) is 12. The topological polar surface area (TPSA) is 155 Å². The third-order valence-electron chi connectivity index (χ3n) is 13.7. The fraction of sp³-hybridized carbons (Fsp3) is 0.455. The fourth-order valence-corrected chi connectivity index (χ4v) is 6.91. The molecule has 8 heterocycles. The summed E-state index contributed by atoms with van der Waals surface area (Å²) >= 11 is 0. The average Bonchev–Trinajstić information content (AvgIpc) is 3.44. The van der Waals surface area contributed by atoms with Gasteiger partial charge in [0.05, 0.1) is 0 Å². The summed E-state index contributed by atoms with van der Waals surface area (Å²) in [6.07, 6.45) is 25.2. The lowest BCUT2D eigenvalue weighted by Crippen LogP contribution is -2.03. The van der Waals surface area contributed by atoms with Crippen molar-refractivity contribution in [2.24, 2.45) is 0 Å². The first-order chi connectivity index (χ1) is 37.0. The Bertz CT molecular complexity index is 2740. The molecule has 0 aliphatic carbocycles. The molecule has 0 saturated carbocycles. The number of nitrogens with zero attached hydrogens (tertiary/aromatic N) is 12. The first-order valence-corrected chi connectivity index (χ1v) is 27.8. The largest absolute Gasteiger partial charge is 0.264 e. The molecule has 0 radical (unpaired) electrons. The van der Waals surface area contributed by atoms with E-state index in [-0.39, 0.29) is 0 Å². The molecule has 78 heavy (non-hydrogen) atoms. The molecular weight excluding hydrogens is 961 g/mol. The molecule has 420 valence electrons. The molecule has 0 spiro atoms. The van der Waals surface area contributed by atoms with Gasteiger partial charge in [0.2, 0.25) is 0 Å². The van der Waals surface area contributed by atoms with Crippen LogP contribution in [0.5, 0.6) is 0 Å². The molecule has 0 N–H and O–H groups in total. The van der Waals surface area contributed by atoms with E-state index in [1.54, 1.807) is 12.7 Å². The monoisotopic (exact) mass is 1060 g/mol. The Labute approximate surface area is 471 Å². The molecular formula is C66H96N12. The van der Waals surface area contributed by atoms with Gasteiger partial charge < -0.3 is 0 Å². The van der Waals surface area contributed by atoms with Crippen LogP contribution in [-0.2, 0) is 44.9 Å².